The van der Waals surface area contributed by atoms with Gasteiger partial charge in [-0.25, -0.2) is 0 Å². The fourth-order valence-corrected chi connectivity index (χ4v) is 6.32. The summed E-state index contributed by atoms with van der Waals surface area (Å²) in [6.07, 6.45) is 8.71. The highest BCUT2D eigenvalue weighted by Gasteiger charge is 2.48. The second kappa shape index (κ2) is 9.66. The molecule has 1 aromatic rings. The molecule has 0 radical (unpaired) electrons. The molecule has 2 saturated carbocycles. The number of benzene rings is 1. The number of rotatable bonds is 7. The Morgan fingerprint density at radius 2 is 1.90 bits per heavy atom. The highest BCUT2D eigenvalue weighted by Crippen LogP contribution is 2.55. The standard InChI is InChI=1S/C27H38N2/c1-5-6-23-25(15-19(3)29)20(4)26(16-21-9-7-18(2)8-10-21)24-12-11-22(13-14-28)17-27(23)24/h7-10,22-27H,3-6,11-13,15-17,29H2,1-2H3/t22?,23-,24?,25+,26+,27-/m0/s1. The zero-order chi connectivity index (χ0) is 21.0. The van der Waals surface area contributed by atoms with Crippen molar-refractivity contribution in [1.82, 2.24) is 0 Å². The number of nitriles is 1. The lowest BCUT2D eigenvalue weighted by atomic mass is 9.52. The molecule has 0 aliphatic heterocycles. The molecule has 0 bridgehead atoms. The van der Waals surface area contributed by atoms with Gasteiger partial charge in [-0.15, -0.1) is 0 Å². The monoisotopic (exact) mass is 390 g/mol. The molecule has 0 spiro atoms. The summed E-state index contributed by atoms with van der Waals surface area (Å²) in [6.45, 7) is 13.2. The number of aryl methyl sites for hydroxylation is 1. The first kappa shape index (κ1) is 21.7. The lowest BCUT2D eigenvalue weighted by molar-refractivity contribution is 0.0238. The second-order valence-electron chi connectivity index (χ2n) is 9.66. The normalized spacial score (nSPS) is 31.7. The van der Waals surface area contributed by atoms with E-state index in [0.717, 1.165) is 18.5 Å². The van der Waals surface area contributed by atoms with Crippen LogP contribution in [-0.2, 0) is 6.42 Å². The average Bonchev–Trinajstić information content (AvgIpc) is 2.69. The molecule has 3 rings (SSSR count). The van der Waals surface area contributed by atoms with Crippen LogP contribution in [-0.4, -0.2) is 0 Å². The summed E-state index contributed by atoms with van der Waals surface area (Å²) in [5.74, 6) is 3.53. The molecule has 2 aliphatic rings. The Morgan fingerprint density at radius 3 is 2.52 bits per heavy atom. The Hall–Kier alpha value is -2.01. The highest BCUT2D eigenvalue weighted by atomic mass is 14.6. The minimum Gasteiger partial charge on any atom is -0.402 e. The molecule has 2 N–H and O–H groups in total. The van der Waals surface area contributed by atoms with Gasteiger partial charge in [0, 0.05) is 12.1 Å². The topological polar surface area (TPSA) is 49.8 Å². The van der Waals surface area contributed by atoms with Gasteiger partial charge < -0.3 is 5.73 Å². The minimum absolute atomic E-state index is 0.435. The van der Waals surface area contributed by atoms with E-state index in [1.807, 2.05) is 0 Å². The van der Waals surface area contributed by atoms with E-state index < -0.39 is 0 Å². The van der Waals surface area contributed by atoms with Gasteiger partial charge in [-0.3, -0.25) is 0 Å². The maximum atomic E-state index is 9.27. The molecular formula is C27H38N2. The zero-order valence-electron chi connectivity index (χ0n) is 18.4. The van der Waals surface area contributed by atoms with Crippen molar-refractivity contribution in [3.63, 3.8) is 0 Å². The van der Waals surface area contributed by atoms with Crippen molar-refractivity contribution < 1.29 is 0 Å². The third kappa shape index (κ3) is 4.95. The van der Waals surface area contributed by atoms with Crippen molar-refractivity contribution in [1.29, 1.82) is 5.26 Å². The van der Waals surface area contributed by atoms with Crippen molar-refractivity contribution in [2.45, 2.75) is 65.2 Å². The number of hydrogen-bond acceptors (Lipinski definition) is 2. The first-order chi connectivity index (χ1) is 13.9. The van der Waals surface area contributed by atoms with Gasteiger partial charge >= 0.3 is 0 Å². The van der Waals surface area contributed by atoms with Crippen LogP contribution in [0.15, 0.2) is 48.7 Å². The van der Waals surface area contributed by atoms with Crippen LogP contribution in [0.5, 0.6) is 0 Å². The van der Waals surface area contributed by atoms with Crippen LogP contribution in [0.2, 0.25) is 0 Å². The van der Waals surface area contributed by atoms with Crippen LogP contribution < -0.4 is 5.73 Å². The van der Waals surface area contributed by atoms with Crippen molar-refractivity contribution in [2.75, 3.05) is 0 Å². The number of allylic oxidation sites excluding steroid dienone is 2. The van der Waals surface area contributed by atoms with Gasteiger partial charge in [-0.1, -0.05) is 61.9 Å². The molecule has 2 unspecified atom stereocenters. The van der Waals surface area contributed by atoms with Gasteiger partial charge in [0.25, 0.3) is 0 Å². The van der Waals surface area contributed by atoms with E-state index >= 15 is 0 Å². The SMILES string of the molecule is C=C(N)C[C@@H]1C(=C)[C@@H](Cc2ccc(C)cc2)C2CCC(CC#N)C[C@H]2[C@H]1CCC. The van der Waals surface area contributed by atoms with Gasteiger partial charge in [-0.2, -0.15) is 5.26 Å². The molecule has 1 aromatic carbocycles. The summed E-state index contributed by atoms with van der Waals surface area (Å²) >= 11 is 0. The van der Waals surface area contributed by atoms with Crippen molar-refractivity contribution in [3.05, 3.63) is 59.8 Å². The van der Waals surface area contributed by atoms with Gasteiger partial charge in [-0.05, 0) is 86.5 Å². The summed E-state index contributed by atoms with van der Waals surface area (Å²) < 4.78 is 0. The van der Waals surface area contributed by atoms with E-state index in [4.69, 9.17) is 5.73 Å². The second-order valence-corrected chi connectivity index (χ2v) is 9.66. The molecule has 156 valence electrons. The fourth-order valence-electron chi connectivity index (χ4n) is 6.32. The van der Waals surface area contributed by atoms with Crippen molar-refractivity contribution in [3.8, 4) is 6.07 Å². The maximum Gasteiger partial charge on any atom is 0.0624 e. The minimum atomic E-state index is 0.435. The summed E-state index contributed by atoms with van der Waals surface area (Å²) in [7, 11) is 0. The molecule has 2 fully saturated rings. The summed E-state index contributed by atoms with van der Waals surface area (Å²) in [6, 6.07) is 11.5. The van der Waals surface area contributed by atoms with E-state index in [0.29, 0.717) is 41.9 Å². The quantitative estimate of drug-likeness (QED) is 0.536. The van der Waals surface area contributed by atoms with E-state index in [9.17, 15) is 5.26 Å². The molecule has 0 aromatic heterocycles. The molecule has 2 heteroatoms. The summed E-state index contributed by atoms with van der Waals surface area (Å²) in [5.41, 5.74) is 11.0. The van der Waals surface area contributed by atoms with Gasteiger partial charge in [0.2, 0.25) is 0 Å². The third-order valence-electron chi connectivity index (χ3n) is 7.66. The van der Waals surface area contributed by atoms with Gasteiger partial charge in [0.05, 0.1) is 6.07 Å². The fraction of sp³-hybridized carbons (Fsp3) is 0.593. The Labute approximate surface area is 177 Å². The number of nitrogens with zero attached hydrogens (tertiary/aromatic N) is 1. The van der Waals surface area contributed by atoms with Crippen LogP contribution in [0.1, 0.15) is 63.0 Å². The highest BCUT2D eigenvalue weighted by molar-refractivity contribution is 5.26. The van der Waals surface area contributed by atoms with Crippen LogP contribution in [0.3, 0.4) is 0 Å². The smallest absolute Gasteiger partial charge is 0.0624 e. The first-order valence-electron chi connectivity index (χ1n) is 11.5. The maximum absolute atomic E-state index is 9.27. The molecule has 6 atom stereocenters. The lowest BCUT2D eigenvalue weighted by Crippen LogP contribution is -2.45. The number of hydrogen-bond donors (Lipinski definition) is 1. The van der Waals surface area contributed by atoms with Crippen molar-refractivity contribution in [2.24, 2.45) is 41.2 Å². The lowest BCUT2D eigenvalue weighted by Gasteiger charge is -2.53. The summed E-state index contributed by atoms with van der Waals surface area (Å²) in [4.78, 5) is 0. The van der Waals surface area contributed by atoms with E-state index in [2.05, 4.69) is 57.3 Å². The molecule has 2 aliphatic carbocycles. The summed E-state index contributed by atoms with van der Waals surface area (Å²) in [5, 5.41) is 9.27. The van der Waals surface area contributed by atoms with E-state index in [1.54, 1.807) is 0 Å². The average molecular weight is 391 g/mol. The molecule has 29 heavy (non-hydrogen) atoms. The Morgan fingerprint density at radius 1 is 1.17 bits per heavy atom. The van der Waals surface area contributed by atoms with E-state index in [-0.39, 0.29) is 0 Å². The number of fused-ring (bicyclic) bond motifs is 1. The molecule has 0 saturated heterocycles. The largest absolute Gasteiger partial charge is 0.402 e. The zero-order valence-corrected chi connectivity index (χ0v) is 18.4. The van der Waals surface area contributed by atoms with Crippen LogP contribution in [0.4, 0.5) is 0 Å². The first-order valence-corrected chi connectivity index (χ1v) is 11.5. The van der Waals surface area contributed by atoms with Crippen molar-refractivity contribution >= 4 is 0 Å². The van der Waals surface area contributed by atoms with Crippen LogP contribution in [0, 0.1) is 53.8 Å². The third-order valence-corrected chi connectivity index (χ3v) is 7.66. The van der Waals surface area contributed by atoms with Crippen LogP contribution in [0.25, 0.3) is 0 Å². The van der Waals surface area contributed by atoms with Gasteiger partial charge in [0.15, 0.2) is 0 Å². The molecule has 0 heterocycles. The van der Waals surface area contributed by atoms with E-state index in [1.165, 1.54) is 48.8 Å². The Balaban J connectivity index is 1.92. The van der Waals surface area contributed by atoms with Gasteiger partial charge in [0.1, 0.15) is 0 Å². The van der Waals surface area contributed by atoms with Crippen LogP contribution >= 0.6 is 0 Å². The molecule has 0 amide bonds. The predicted octanol–water partition coefficient (Wildman–Crippen LogP) is 6.56. The Bertz CT molecular complexity index is 754. The predicted molar refractivity (Wildman–Crippen MR) is 122 cm³/mol. The molecule has 2 nitrogen and oxygen atoms in total. The molecular weight excluding hydrogens is 352 g/mol. The Kier molecular flexibility index (Phi) is 7.23. The number of nitrogens with two attached hydrogens (primary N) is 1.